The van der Waals surface area contributed by atoms with Crippen LogP contribution in [0.25, 0.3) is 0 Å². The van der Waals surface area contributed by atoms with Crippen molar-refractivity contribution in [2.45, 2.75) is 39.8 Å². The van der Waals surface area contributed by atoms with Gasteiger partial charge >= 0.3 is 0 Å². The molecule has 1 aromatic heterocycles. The first kappa shape index (κ1) is 11.2. The van der Waals surface area contributed by atoms with Crippen molar-refractivity contribution < 1.29 is 5.11 Å². The van der Waals surface area contributed by atoms with Crippen LogP contribution in [0.15, 0.2) is 0 Å². The summed E-state index contributed by atoms with van der Waals surface area (Å²) in [7, 11) is 0. The van der Waals surface area contributed by atoms with Gasteiger partial charge in [0.1, 0.15) is 0 Å². The average Bonchev–Trinajstić information content (AvgIpc) is 2.33. The molecule has 1 aromatic rings. The predicted molar refractivity (Wildman–Crippen MR) is 56.1 cm³/mol. The van der Waals surface area contributed by atoms with E-state index in [0.29, 0.717) is 6.54 Å². The molecule has 0 fully saturated rings. The quantitative estimate of drug-likeness (QED) is 0.742. The zero-order valence-corrected chi connectivity index (χ0v) is 9.33. The molecular formula is C10H19N3O. The molecule has 0 bridgehead atoms. The molecule has 1 rings (SSSR count). The largest absolute Gasteiger partial charge is 0.387 e. The standard InChI is InChI=1S/C10H19N3O/c1-7-8(2)12-13(9(7)3)6-10(4,14)5-11/h14H,5-6,11H2,1-4H3. The van der Waals surface area contributed by atoms with E-state index in [-0.39, 0.29) is 6.54 Å². The van der Waals surface area contributed by atoms with E-state index in [1.54, 1.807) is 6.92 Å². The highest BCUT2D eigenvalue weighted by Crippen LogP contribution is 2.14. The van der Waals surface area contributed by atoms with Gasteiger partial charge in [-0.05, 0) is 33.3 Å². The summed E-state index contributed by atoms with van der Waals surface area (Å²) in [5, 5.41) is 14.2. The SMILES string of the molecule is Cc1nn(CC(C)(O)CN)c(C)c1C. The first-order valence-electron chi connectivity index (χ1n) is 4.80. The van der Waals surface area contributed by atoms with Crippen molar-refractivity contribution in [2.75, 3.05) is 6.54 Å². The van der Waals surface area contributed by atoms with Crippen molar-refractivity contribution in [1.29, 1.82) is 0 Å². The van der Waals surface area contributed by atoms with Crippen LogP contribution >= 0.6 is 0 Å². The van der Waals surface area contributed by atoms with Crippen molar-refractivity contribution in [3.8, 4) is 0 Å². The monoisotopic (exact) mass is 197 g/mol. The van der Waals surface area contributed by atoms with E-state index >= 15 is 0 Å². The van der Waals surface area contributed by atoms with E-state index < -0.39 is 5.60 Å². The third-order valence-corrected chi connectivity index (χ3v) is 2.67. The van der Waals surface area contributed by atoms with Crippen LogP contribution in [0.1, 0.15) is 23.9 Å². The Bertz CT molecular complexity index is 328. The fourth-order valence-corrected chi connectivity index (χ4v) is 1.33. The summed E-state index contributed by atoms with van der Waals surface area (Å²) in [6.07, 6.45) is 0. The summed E-state index contributed by atoms with van der Waals surface area (Å²) in [5.41, 5.74) is 7.86. The normalized spacial score (nSPS) is 15.6. The van der Waals surface area contributed by atoms with Gasteiger partial charge in [0.05, 0.1) is 17.8 Å². The Morgan fingerprint density at radius 2 is 2.00 bits per heavy atom. The molecule has 0 spiro atoms. The fraction of sp³-hybridized carbons (Fsp3) is 0.700. The van der Waals surface area contributed by atoms with E-state index in [0.717, 1.165) is 11.4 Å². The van der Waals surface area contributed by atoms with Gasteiger partial charge in [-0.15, -0.1) is 0 Å². The van der Waals surface area contributed by atoms with Gasteiger partial charge < -0.3 is 10.8 Å². The van der Waals surface area contributed by atoms with E-state index in [1.807, 2.05) is 25.5 Å². The summed E-state index contributed by atoms with van der Waals surface area (Å²) >= 11 is 0. The first-order chi connectivity index (χ1) is 6.37. The van der Waals surface area contributed by atoms with Crippen LogP contribution in [0.2, 0.25) is 0 Å². The van der Waals surface area contributed by atoms with E-state index in [9.17, 15) is 5.11 Å². The van der Waals surface area contributed by atoms with Gasteiger partial charge in [0.15, 0.2) is 0 Å². The Labute approximate surface area is 84.7 Å². The van der Waals surface area contributed by atoms with Crippen molar-refractivity contribution in [2.24, 2.45) is 5.73 Å². The number of aliphatic hydroxyl groups is 1. The molecule has 4 heteroatoms. The number of aromatic nitrogens is 2. The molecule has 0 aliphatic heterocycles. The molecule has 0 amide bonds. The van der Waals surface area contributed by atoms with E-state index in [2.05, 4.69) is 5.10 Å². The minimum Gasteiger partial charge on any atom is -0.387 e. The maximum Gasteiger partial charge on any atom is 0.0936 e. The molecular weight excluding hydrogens is 178 g/mol. The Kier molecular flexibility index (Phi) is 2.97. The molecule has 1 atom stereocenters. The minimum atomic E-state index is -0.879. The zero-order valence-electron chi connectivity index (χ0n) is 9.33. The van der Waals surface area contributed by atoms with Crippen LogP contribution in [0.4, 0.5) is 0 Å². The van der Waals surface area contributed by atoms with Crippen molar-refractivity contribution >= 4 is 0 Å². The lowest BCUT2D eigenvalue weighted by atomic mass is 10.1. The molecule has 0 aliphatic rings. The molecule has 0 aromatic carbocycles. The topological polar surface area (TPSA) is 64.1 Å². The molecule has 1 unspecified atom stereocenters. The average molecular weight is 197 g/mol. The fourth-order valence-electron chi connectivity index (χ4n) is 1.33. The maximum absolute atomic E-state index is 9.82. The van der Waals surface area contributed by atoms with Crippen LogP contribution in [-0.2, 0) is 6.54 Å². The molecule has 80 valence electrons. The van der Waals surface area contributed by atoms with Gasteiger partial charge in [-0.3, -0.25) is 4.68 Å². The predicted octanol–water partition coefficient (Wildman–Crippen LogP) is 0.518. The van der Waals surface area contributed by atoms with Crippen LogP contribution < -0.4 is 5.73 Å². The van der Waals surface area contributed by atoms with Crippen LogP contribution in [-0.4, -0.2) is 27.0 Å². The second kappa shape index (κ2) is 3.71. The van der Waals surface area contributed by atoms with Crippen molar-refractivity contribution in [1.82, 2.24) is 9.78 Å². The molecule has 0 saturated heterocycles. The second-order valence-electron chi connectivity index (χ2n) is 4.15. The first-order valence-corrected chi connectivity index (χ1v) is 4.80. The number of nitrogens with two attached hydrogens (primary N) is 1. The molecule has 0 saturated carbocycles. The number of nitrogens with zero attached hydrogens (tertiary/aromatic N) is 2. The summed E-state index contributed by atoms with van der Waals surface area (Å²) in [4.78, 5) is 0. The highest BCUT2D eigenvalue weighted by Gasteiger charge is 2.21. The van der Waals surface area contributed by atoms with Gasteiger partial charge in [0.25, 0.3) is 0 Å². The molecule has 1 heterocycles. The molecule has 4 nitrogen and oxygen atoms in total. The van der Waals surface area contributed by atoms with Gasteiger partial charge in [0, 0.05) is 12.2 Å². The number of hydrogen-bond acceptors (Lipinski definition) is 3. The summed E-state index contributed by atoms with van der Waals surface area (Å²) in [5.74, 6) is 0. The van der Waals surface area contributed by atoms with E-state index in [4.69, 9.17) is 5.73 Å². The maximum atomic E-state index is 9.82. The van der Waals surface area contributed by atoms with Crippen LogP contribution in [0, 0.1) is 20.8 Å². The number of hydrogen-bond donors (Lipinski definition) is 2. The van der Waals surface area contributed by atoms with E-state index in [1.165, 1.54) is 5.56 Å². The van der Waals surface area contributed by atoms with Crippen molar-refractivity contribution in [3.63, 3.8) is 0 Å². The minimum absolute atomic E-state index is 0.240. The lowest BCUT2D eigenvalue weighted by molar-refractivity contribution is 0.0464. The second-order valence-corrected chi connectivity index (χ2v) is 4.15. The molecule has 0 radical (unpaired) electrons. The highest BCUT2D eigenvalue weighted by atomic mass is 16.3. The van der Waals surface area contributed by atoms with Gasteiger partial charge in [-0.25, -0.2) is 0 Å². The van der Waals surface area contributed by atoms with Gasteiger partial charge in [-0.2, -0.15) is 5.10 Å². The summed E-state index contributed by atoms with van der Waals surface area (Å²) < 4.78 is 1.82. The highest BCUT2D eigenvalue weighted by molar-refractivity contribution is 5.22. The third kappa shape index (κ3) is 2.13. The van der Waals surface area contributed by atoms with Crippen molar-refractivity contribution in [3.05, 3.63) is 17.0 Å². The number of aryl methyl sites for hydroxylation is 1. The molecule has 3 N–H and O–H groups in total. The smallest absolute Gasteiger partial charge is 0.0936 e. The summed E-state index contributed by atoms with van der Waals surface area (Å²) in [6, 6.07) is 0. The summed E-state index contributed by atoms with van der Waals surface area (Å²) in [6.45, 7) is 8.41. The Hall–Kier alpha value is -0.870. The van der Waals surface area contributed by atoms with Gasteiger partial charge in [0.2, 0.25) is 0 Å². The Morgan fingerprint density at radius 1 is 1.43 bits per heavy atom. The Balaban J connectivity index is 2.93. The Morgan fingerprint density at radius 3 is 2.36 bits per heavy atom. The van der Waals surface area contributed by atoms with Crippen LogP contribution in [0.5, 0.6) is 0 Å². The lowest BCUT2D eigenvalue weighted by Gasteiger charge is -2.21. The zero-order chi connectivity index (χ0) is 10.9. The van der Waals surface area contributed by atoms with Crippen LogP contribution in [0.3, 0.4) is 0 Å². The van der Waals surface area contributed by atoms with Gasteiger partial charge in [-0.1, -0.05) is 0 Å². The third-order valence-electron chi connectivity index (χ3n) is 2.67. The number of rotatable bonds is 3. The molecule has 0 aliphatic carbocycles. The molecule has 14 heavy (non-hydrogen) atoms. The lowest BCUT2D eigenvalue weighted by Crippen LogP contribution is -2.39.